The molecule has 1 aliphatic rings. The largest absolute Gasteiger partial charge is 0.469 e. The van der Waals surface area contributed by atoms with Gasteiger partial charge in [-0.05, 0) is 18.8 Å². The van der Waals surface area contributed by atoms with Gasteiger partial charge in [0.05, 0.1) is 18.6 Å². The van der Waals surface area contributed by atoms with Gasteiger partial charge in [0.15, 0.2) is 0 Å². The zero-order chi connectivity index (χ0) is 12.2. The molecule has 1 atom stereocenters. The molecule has 1 unspecified atom stereocenters. The van der Waals surface area contributed by atoms with Gasteiger partial charge < -0.3 is 9.47 Å². The Bertz CT molecular complexity index is 229. The molecule has 1 fully saturated rings. The molecule has 0 aromatic carbocycles. The van der Waals surface area contributed by atoms with Crippen molar-refractivity contribution < 1.29 is 14.3 Å². The molecule has 16 heavy (non-hydrogen) atoms. The Balaban J connectivity index is 2.96. The van der Waals surface area contributed by atoms with Gasteiger partial charge in [-0.2, -0.15) is 0 Å². The van der Waals surface area contributed by atoms with Crippen molar-refractivity contribution in [2.24, 2.45) is 11.3 Å². The Morgan fingerprint density at radius 1 is 1.12 bits per heavy atom. The van der Waals surface area contributed by atoms with Crippen molar-refractivity contribution in [3.63, 3.8) is 0 Å². The third-order valence-corrected chi connectivity index (χ3v) is 3.74. The predicted octanol–water partition coefficient (Wildman–Crippen LogP) is 2.78. The van der Waals surface area contributed by atoms with Gasteiger partial charge in [0.2, 0.25) is 0 Å². The van der Waals surface area contributed by atoms with Gasteiger partial charge in [0, 0.05) is 7.11 Å². The lowest BCUT2D eigenvalue weighted by atomic mass is 9.67. The molecule has 0 bridgehead atoms. The molecule has 0 saturated heterocycles. The first-order valence-corrected chi connectivity index (χ1v) is 6.19. The van der Waals surface area contributed by atoms with E-state index in [-0.39, 0.29) is 12.1 Å². The van der Waals surface area contributed by atoms with Crippen molar-refractivity contribution in [3.8, 4) is 0 Å². The number of methoxy groups -OCH3 is 2. The number of ether oxygens (including phenoxy) is 2. The minimum absolute atomic E-state index is 0.0275. The van der Waals surface area contributed by atoms with Crippen LogP contribution in [0.4, 0.5) is 0 Å². The maximum Gasteiger partial charge on any atom is 0.314 e. The molecular formula is C13H24O3. The lowest BCUT2D eigenvalue weighted by Crippen LogP contribution is -2.48. The van der Waals surface area contributed by atoms with Gasteiger partial charge in [-0.15, -0.1) is 0 Å². The number of rotatable bonds is 4. The average molecular weight is 228 g/mol. The Morgan fingerprint density at radius 2 is 1.69 bits per heavy atom. The Labute approximate surface area is 98.5 Å². The van der Waals surface area contributed by atoms with Crippen LogP contribution in [0.15, 0.2) is 0 Å². The van der Waals surface area contributed by atoms with Crippen molar-refractivity contribution >= 4 is 5.97 Å². The van der Waals surface area contributed by atoms with Gasteiger partial charge in [-0.25, -0.2) is 0 Å². The van der Waals surface area contributed by atoms with E-state index < -0.39 is 5.41 Å². The summed E-state index contributed by atoms with van der Waals surface area (Å²) in [5.41, 5.74) is -0.407. The molecule has 0 aromatic heterocycles. The predicted molar refractivity (Wildman–Crippen MR) is 63.2 cm³/mol. The molecule has 1 rings (SSSR count). The molecule has 0 aliphatic heterocycles. The monoisotopic (exact) mass is 228 g/mol. The molecule has 0 heterocycles. The fraction of sp³-hybridized carbons (Fsp3) is 0.923. The third-order valence-electron chi connectivity index (χ3n) is 3.74. The van der Waals surface area contributed by atoms with Gasteiger partial charge in [-0.3, -0.25) is 4.79 Å². The summed E-state index contributed by atoms with van der Waals surface area (Å²) in [6, 6.07) is 0. The van der Waals surface area contributed by atoms with Gasteiger partial charge >= 0.3 is 5.97 Å². The van der Waals surface area contributed by atoms with Crippen molar-refractivity contribution in [1.82, 2.24) is 0 Å². The number of carbonyl (C=O) groups is 1. The molecule has 3 nitrogen and oxygen atoms in total. The molecule has 0 radical (unpaired) electrons. The van der Waals surface area contributed by atoms with E-state index in [0.29, 0.717) is 5.92 Å². The quantitative estimate of drug-likeness (QED) is 0.694. The molecule has 3 heteroatoms. The molecule has 1 saturated carbocycles. The first kappa shape index (κ1) is 13.5. The highest BCUT2D eigenvalue weighted by Crippen LogP contribution is 2.43. The first-order valence-electron chi connectivity index (χ1n) is 6.19. The Morgan fingerprint density at radius 3 is 2.06 bits per heavy atom. The van der Waals surface area contributed by atoms with Gasteiger partial charge in [0.1, 0.15) is 0 Å². The average Bonchev–Trinajstić information content (AvgIpc) is 2.29. The standard InChI is InChI=1S/C13H24O3/c1-10(2)11(15-3)13(12(14)16-4)8-6-5-7-9-13/h10-11H,5-9H2,1-4H3. The topological polar surface area (TPSA) is 35.5 Å². The summed E-state index contributed by atoms with van der Waals surface area (Å²) < 4.78 is 10.6. The van der Waals surface area contributed by atoms with Crippen LogP contribution in [0, 0.1) is 11.3 Å². The van der Waals surface area contributed by atoms with E-state index in [4.69, 9.17) is 9.47 Å². The summed E-state index contributed by atoms with van der Waals surface area (Å²) in [5.74, 6) is 0.245. The van der Waals surface area contributed by atoms with Crippen LogP contribution in [-0.2, 0) is 14.3 Å². The number of hydrogen-bond donors (Lipinski definition) is 0. The lowest BCUT2D eigenvalue weighted by molar-refractivity contribution is -0.169. The zero-order valence-electron chi connectivity index (χ0n) is 10.9. The minimum atomic E-state index is -0.407. The Kier molecular flexibility index (Phi) is 4.78. The SMILES string of the molecule is COC(=O)C1(C(OC)C(C)C)CCCCC1. The van der Waals surface area contributed by atoms with Gasteiger partial charge in [-0.1, -0.05) is 33.1 Å². The van der Waals surface area contributed by atoms with E-state index in [2.05, 4.69) is 13.8 Å². The smallest absolute Gasteiger partial charge is 0.314 e. The highest BCUT2D eigenvalue weighted by molar-refractivity contribution is 5.77. The lowest BCUT2D eigenvalue weighted by Gasteiger charge is -2.42. The second-order valence-electron chi connectivity index (χ2n) is 5.11. The molecular weight excluding hydrogens is 204 g/mol. The van der Waals surface area contributed by atoms with Crippen LogP contribution in [0.25, 0.3) is 0 Å². The molecule has 0 aromatic rings. The number of esters is 1. The first-order chi connectivity index (χ1) is 7.58. The maximum atomic E-state index is 12.1. The van der Waals surface area contributed by atoms with E-state index in [1.165, 1.54) is 13.5 Å². The van der Waals surface area contributed by atoms with Crippen LogP contribution in [0.5, 0.6) is 0 Å². The summed E-state index contributed by atoms with van der Waals surface area (Å²) in [6.07, 6.45) is 5.18. The highest BCUT2D eigenvalue weighted by Gasteiger charge is 2.48. The second kappa shape index (κ2) is 5.67. The number of carbonyl (C=O) groups excluding carboxylic acids is 1. The van der Waals surface area contributed by atoms with E-state index in [0.717, 1.165) is 25.7 Å². The second-order valence-corrected chi connectivity index (χ2v) is 5.11. The fourth-order valence-electron chi connectivity index (χ4n) is 3.13. The van der Waals surface area contributed by atoms with Crippen LogP contribution in [-0.4, -0.2) is 26.3 Å². The van der Waals surface area contributed by atoms with Crippen molar-refractivity contribution in [2.45, 2.75) is 52.1 Å². The molecule has 94 valence electrons. The summed E-state index contributed by atoms with van der Waals surface area (Å²) in [5, 5.41) is 0. The summed E-state index contributed by atoms with van der Waals surface area (Å²) in [4.78, 5) is 12.1. The molecule has 0 N–H and O–H groups in total. The normalized spacial score (nSPS) is 21.8. The minimum Gasteiger partial charge on any atom is -0.469 e. The van der Waals surface area contributed by atoms with Crippen molar-refractivity contribution in [3.05, 3.63) is 0 Å². The van der Waals surface area contributed by atoms with E-state index in [1.807, 2.05) is 0 Å². The van der Waals surface area contributed by atoms with Crippen molar-refractivity contribution in [1.29, 1.82) is 0 Å². The van der Waals surface area contributed by atoms with Gasteiger partial charge in [0.25, 0.3) is 0 Å². The molecule has 1 aliphatic carbocycles. The summed E-state index contributed by atoms with van der Waals surface area (Å²) >= 11 is 0. The number of hydrogen-bond acceptors (Lipinski definition) is 3. The molecule has 0 amide bonds. The third kappa shape index (κ3) is 2.40. The van der Waals surface area contributed by atoms with Crippen LogP contribution < -0.4 is 0 Å². The molecule has 0 spiro atoms. The van der Waals surface area contributed by atoms with Crippen LogP contribution in [0.2, 0.25) is 0 Å². The maximum absolute atomic E-state index is 12.1. The Hall–Kier alpha value is -0.570. The van der Waals surface area contributed by atoms with Crippen molar-refractivity contribution in [2.75, 3.05) is 14.2 Å². The summed E-state index contributed by atoms with van der Waals surface area (Å²) in [7, 11) is 3.18. The summed E-state index contributed by atoms with van der Waals surface area (Å²) in [6.45, 7) is 4.21. The highest BCUT2D eigenvalue weighted by atomic mass is 16.5. The van der Waals surface area contributed by atoms with E-state index in [9.17, 15) is 4.79 Å². The van der Waals surface area contributed by atoms with Crippen LogP contribution in [0.3, 0.4) is 0 Å². The van der Waals surface area contributed by atoms with Crippen LogP contribution >= 0.6 is 0 Å². The zero-order valence-corrected chi connectivity index (χ0v) is 10.9. The van der Waals surface area contributed by atoms with E-state index in [1.54, 1.807) is 7.11 Å². The fourth-order valence-corrected chi connectivity index (χ4v) is 3.13. The van der Waals surface area contributed by atoms with E-state index >= 15 is 0 Å². The van der Waals surface area contributed by atoms with Crippen LogP contribution in [0.1, 0.15) is 46.0 Å².